The fraction of sp³-hybridized carbons (Fsp3) is 0.250. The van der Waals surface area contributed by atoms with Gasteiger partial charge in [-0.1, -0.05) is 29.8 Å². The van der Waals surface area contributed by atoms with E-state index in [9.17, 15) is 0 Å². The summed E-state index contributed by atoms with van der Waals surface area (Å²) < 4.78 is 7.09. The van der Waals surface area contributed by atoms with Crippen LogP contribution in [0.2, 0.25) is 0 Å². The van der Waals surface area contributed by atoms with Crippen LogP contribution in [0.3, 0.4) is 0 Å². The van der Waals surface area contributed by atoms with Gasteiger partial charge in [-0.2, -0.15) is 5.10 Å². The number of aromatic nitrogens is 2. The Morgan fingerprint density at radius 3 is 2.47 bits per heavy atom. The number of nitrogens with zero attached hydrogens (tertiary/aromatic N) is 2. The van der Waals surface area contributed by atoms with Crippen molar-refractivity contribution >= 4 is 0 Å². The largest absolute Gasteiger partial charge is 0.493 e. The summed E-state index contributed by atoms with van der Waals surface area (Å²) in [6.07, 6.45) is 1.73. The first-order chi connectivity index (χ1) is 7.22. The lowest BCUT2D eigenvalue weighted by molar-refractivity contribution is 0.416. The Morgan fingerprint density at radius 1 is 1.20 bits per heavy atom. The maximum Gasteiger partial charge on any atom is 0.164 e. The fourth-order valence-corrected chi connectivity index (χ4v) is 1.61. The smallest absolute Gasteiger partial charge is 0.164 e. The van der Waals surface area contributed by atoms with E-state index in [2.05, 4.69) is 36.3 Å². The quantitative estimate of drug-likeness (QED) is 0.747. The van der Waals surface area contributed by atoms with Crippen molar-refractivity contribution in [2.75, 3.05) is 7.11 Å². The van der Waals surface area contributed by atoms with Gasteiger partial charge in [-0.25, -0.2) is 0 Å². The molecule has 0 bridgehead atoms. The third-order valence-corrected chi connectivity index (χ3v) is 2.45. The molecule has 0 saturated carbocycles. The monoisotopic (exact) mass is 202 g/mol. The summed E-state index contributed by atoms with van der Waals surface area (Å²) in [5.74, 6) is 0.807. The predicted octanol–water partition coefficient (Wildman–Crippen LogP) is 2.40. The maximum absolute atomic E-state index is 5.27. The molecule has 0 unspecified atom stereocenters. The van der Waals surface area contributed by atoms with E-state index >= 15 is 0 Å². The molecular weight excluding hydrogens is 188 g/mol. The van der Waals surface area contributed by atoms with Gasteiger partial charge in [0.1, 0.15) is 5.69 Å². The zero-order chi connectivity index (χ0) is 10.8. The van der Waals surface area contributed by atoms with Crippen molar-refractivity contribution in [3.05, 3.63) is 36.0 Å². The molecular formula is C12H14N2O. The lowest BCUT2D eigenvalue weighted by Gasteiger charge is -2.05. The molecule has 0 fully saturated rings. The van der Waals surface area contributed by atoms with Crippen LogP contribution >= 0.6 is 0 Å². The summed E-state index contributed by atoms with van der Waals surface area (Å²) in [5, 5.41) is 4.18. The zero-order valence-electron chi connectivity index (χ0n) is 9.19. The lowest BCUT2D eigenvalue weighted by atomic mass is 10.1. The van der Waals surface area contributed by atoms with Crippen molar-refractivity contribution < 1.29 is 4.74 Å². The minimum Gasteiger partial charge on any atom is -0.493 e. The second-order valence-electron chi connectivity index (χ2n) is 3.55. The Bertz CT molecular complexity index is 457. The molecule has 1 aromatic heterocycles. The van der Waals surface area contributed by atoms with Crippen LogP contribution in [0.15, 0.2) is 30.5 Å². The first-order valence-corrected chi connectivity index (χ1v) is 4.85. The topological polar surface area (TPSA) is 27.1 Å². The Kier molecular flexibility index (Phi) is 2.46. The van der Waals surface area contributed by atoms with Crippen molar-refractivity contribution in [2.24, 2.45) is 7.05 Å². The van der Waals surface area contributed by atoms with E-state index in [1.807, 2.05) is 11.7 Å². The van der Waals surface area contributed by atoms with Crippen molar-refractivity contribution in [3.63, 3.8) is 0 Å². The Balaban J connectivity index is 2.52. The third kappa shape index (κ3) is 1.73. The van der Waals surface area contributed by atoms with E-state index in [1.54, 1.807) is 13.3 Å². The van der Waals surface area contributed by atoms with Gasteiger partial charge in [0.2, 0.25) is 0 Å². The molecule has 15 heavy (non-hydrogen) atoms. The number of benzene rings is 1. The minimum absolute atomic E-state index is 0.807. The van der Waals surface area contributed by atoms with Crippen LogP contribution in [-0.4, -0.2) is 16.9 Å². The van der Waals surface area contributed by atoms with Crippen LogP contribution in [0.5, 0.6) is 5.75 Å². The van der Waals surface area contributed by atoms with Gasteiger partial charge in [0.15, 0.2) is 5.75 Å². The molecule has 3 nitrogen and oxygen atoms in total. The first-order valence-electron chi connectivity index (χ1n) is 4.85. The van der Waals surface area contributed by atoms with Gasteiger partial charge in [-0.05, 0) is 6.92 Å². The lowest BCUT2D eigenvalue weighted by Crippen LogP contribution is -1.94. The molecule has 0 amide bonds. The van der Waals surface area contributed by atoms with Crippen LogP contribution in [0.4, 0.5) is 0 Å². The van der Waals surface area contributed by atoms with Gasteiger partial charge in [0.05, 0.1) is 13.3 Å². The van der Waals surface area contributed by atoms with E-state index in [4.69, 9.17) is 4.74 Å². The number of methoxy groups -OCH3 is 1. The molecule has 3 heteroatoms. The molecule has 0 N–H and O–H groups in total. The molecule has 0 aliphatic carbocycles. The van der Waals surface area contributed by atoms with Gasteiger partial charge in [-0.15, -0.1) is 0 Å². The molecule has 1 heterocycles. The van der Waals surface area contributed by atoms with Gasteiger partial charge in [-0.3, -0.25) is 4.68 Å². The minimum atomic E-state index is 0.807. The summed E-state index contributed by atoms with van der Waals surface area (Å²) in [6, 6.07) is 8.33. The molecule has 0 aliphatic heterocycles. The second kappa shape index (κ2) is 3.77. The molecule has 2 rings (SSSR count). The van der Waals surface area contributed by atoms with Crippen molar-refractivity contribution in [2.45, 2.75) is 6.92 Å². The van der Waals surface area contributed by atoms with Gasteiger partial charge in [0, 0.05) is 12.6 Å². The Hall–Kier alpha value is -1.77. The highest BCUT2D eigenvalue weighted by Gasteiger charge is 2.10. The molecule has 0 spiro atoms. The van der Waals surface area contributed by atoms with E-state index in [-0.39, 0.29) is 0 Å². The van der Waals surface area contributed by atoms with Gasteiger partial charge < -0.3 is 4.74 Å². The Labute approximate surface area is 89.3 Å². The van der Waals surface area contributed by atoms with E-state index < -0.39 is 0 Å². The van der Waals surface area contributed by atoms with Gasteiger partial charge in [0.25, 0.3) is 0 Å². The third-order valence-electron chi connectivity index (χ3n) is 2.45. The molecule has 0 saturated heterocycles. The fourth-order valence-electron chi connectivity index (χ4n) is 1.61. The molecule has 2 aromatic rings. The predicted molar refractivity (Wildman–Crippen MR) is 59.9 cm³/mol. The van der Waals surface area contributed by atoms with Crippen molar-refractivity contribution in [3.8, 4) is 17.0 Å². The van der Waals surface area contributed by atoms with Crippen molar-refractivity contribution in [1.82, 2.24) is 9.78 Å². The normalized spacial score (nSPS) is 10.3. The second-order valence-corrected chi connectivity index (χ2v) is 3.55. The standard InChI is InChI=1S/C12H14N2O/c1-9-4-6-10(7-5-9)12-11(15-3)8-13-14(12)2/h4-8H,1-3H3. The maximum atomic E-state index is 5.27. The van der Waals surface area contributed by atoms with Crippen LogP contribution in [0.1, 0.15) is 5.56 Å². The number of hydrogen-bond donors (Lipinski definition) is 0. The summed E-state index contributed by atoms with van der Waals surface area (Å²) in [4.78, 5) is 0. The van der Waals surface area contributed by atoms with Crippen molar-refractivity contribution in [1.29, 1.82) is 0 Å². The highest BCUT2D eigenvalue weighted by atomic mass is 16.5. The zero-order valence-corrected chi connectivity index (χ0v) is 9.19. The number of aryl methyl sites for hydroxylation is 2. The highest BCUT2D eigenvalue weighted by Crippen LogP contribution is 2.28. The molecule has 1 aromatic carbocycles. The number of rotatable bonds is 2. The molecule has 78 valence electrons. The Morgan fingerprint density at radius 2 is 1.87 bits per heavy atom. The highest BCUT2D eigenvalue weighted by molar-refractivity contribution is 5.66. The first kappa shape index (κ1) is 9.77. The van der Waals surface area contributed by atoms with E-state index in [0.717, 1.165) is 17.0 Å². The summed E-state index contributed by atoms with van der Waals surface area (Å²) in [7, 11) is 3.58. The van der Waals surface area contributed by atoms with E-state index in [1.165, 1.54) is 5.56 Å². The van der Waals surface area contributed by atoms with Crippen LogP contribution in [-0.2, 0) is 7.05 Å². The SMILES string of the molecule is COc1cnn(C)c1-c1ccc(C)cc1. The molecule has 0 atom stereocenters. The van der Waals surface area contributed by atoms with Crippen LogP contribution in [0.25, 0.3) is 11.3 Å². The molecule has 0 radical (unpaired) electrons. The summed E-state index contributed by atoms with van der Waals surface area (Å²) >= 11 is 0. The average Bonchev–Trinajstić information content (AvgIpc) is 2.61. The van der Waals surface area contributed by atoms with Crippen LogP contribution in [0, 0.1) is 6.92 Å². The number of hydrogen-bond acceptors (Lipinski definition) is 2. The number of ether oxygens (including phenoxy) is 1. The average molecular weight is 202 g/mol. The van der Waals surface area contributed by atoms with E-state index in [0.29, 0.717) is 0 Å². The van der Waals surface area contributed by atoms with Gasteiger partial charge >= 0.3 is 0 Å². The summed E-state index contributed by atoms with van der Waals surface area (Å²) in [6.45, 7) is 2.07. The molecule has 0 aliphatic rings. The van der Waals surface area contributed by atoms with Crippen LogP contribution < -0.4 is 4.74 Å². The summed E-state index contributed by atoms with van der Waals surface area (Å²) in [5.41, 5.74) is 3.38.